The van der Waals surface area contributed by atoms with Crippen molar-refractivity contribution in [2.75, 3.05) is 18.2 Å². The van der Waals surface area contributed by atoms with Crippen LogP contribution in [0.4, 0.5) is 15.8 Å². The average Bonchev–Trinajstić information content (AvgIpc) is 2.28. The largest absolute Gasteiger partial charge is 0.465 e. The highest BCUT2D eigenvalue weighted by atomic mass is 79.9. The zero-order valence-electron chi connectivity index (χ0n) is 9.80. The smallest absolute Gasteiger partial charge is 0.340 e. The number of nitrogens with one attached hydrogen (secondary N) is 1. The molecule has 0 saturated carbocycles. The number of ether oxygens (including phenoxy) is 1. The van der Waals surface area contributed by atoms with Crippen LogP contribution in [0.5, 0.6) is 0 Å². The molecule has 0 bridgehead atoms. The molecule has 0 spiro atoms. The van der Waals surface area contributed by atoms with Crippen LogP contribution >= 0.6 is 15.9 Å². The third-order valence-electron chi connectivity index (χ3n) is 2.08. The van der Waals surface area contributed by atoms with E-state index in [4.69, 9.17) is 5.73 Å². The Kier molecular flexibility index (Phi) is 4.34. The molecule has 6 heteroatoms. The van der Waals surface area contributed by atoms with Crippen molar-refractivity contribution < 1.29 is 13.9 Å². The molecule has 0 saturated heterocycles. The highest BCUT2D eigenvalue weighted by Crippen LogP contribution is 2.34. The number of anilines is 2. The fourth-order valence-electron chi connectivity index (χ4n) is 1.34. The van der Waals surface area contributed by atoms with E-state index < -0.39 is 11.8 Å². The average molecular weight is 305 g/mol. The Morgan fingerprint density at radius 2 is 2.18 bits per heavy atom. The van der Waals surface area contributed by atoms with Crippen LogP contribution in [0, 0.1) is 5.82 Å². The molecule has 17 heavy (non-hydrogen) atoms. The third-order valence-corrected chi connectivity index (χ3v) is 2.82. The minimum atomic E-state index is -0.758. The molecule has 1 aromatic rings. The first-order valence-electron chi connectivity index (χ1n) is 5.00. The van der Waals surface area contributed by atoms with Crippen molar-refractivity contribution in [3.05, 3.63) is 21.9 Å². The normalized spacial score (nSPS) is 10.5. The summed E-state index contributed by atoms with van der Waals surface area (Å²) < 4.78 is 18.5. The van der Waals surface area contributed by atoms with Crippen molar-refractivity contribution in [1.82, 2.24) is 0 Å². The molecular formula is C11H14BrFN2O2. The number of nitrogen functional groups attached to an aromatic ring is 1. The highest BCUT2D eigenvalue weighted by Gasteiger charge is 2.20. The summed E-state index contributed by atoms with van der Waals surface area (Å²) in [5, 5.41) is 3.00. The number of nitrogens with two attached hydrogens (primary N) is 1. The van der Waals surface area contributed by atoms with Crippen LogP contribution in [0.1, 0.15) is 24.2 Å². The lowest BCUT2D eigenvalue weighted by molar-refractivity contribution is 0.0595. The van der Waals surface area contributed by atoms with Crippen molar-refractivity contribution in [3.63, 3.8) is 0 Å². The van der Waals surface area contributed by atoms with E-state index in [-0.39, 0.29) is 21.8 Å². The summed E-state index contributed by atoms with van der Waals surface area (Å²) in [6, 6.07) is 1.35. The lowest BCUT2D eigenvalue weighted by Gasteiger charge is -2.16. The van der Waals surface area contributed by atoms with Gasteiger partial charge in [-0.25, -0.2) is 9.18 Å². The molecule has 0 aliphatic heterocycles. The van der Waals surface area contributed by atoms with Gasteiger partial charge in [0.15, 0.2) is 5.82 Å². The number of hydrogen-bond donors (Lipinski definition) is 2. The summed E-state index contributed by atoms with van der Waals surface area (Å²) >= 11 is 3.08. The Balaban J connectivity index is 3.31. The van der Waals surface area contributed by atoms with E-state index in [0.29, 0.717) is 5.69 Å². The number of carbonyl (C=O) groups excluding carboxylic acids is 1. The Labute approximate surface area is 107 Å². The number of esters is 1. The van der Waals surface area contributed by atoms with Gasteiger partial charge in [0, 0.05) is 6.04 Å². The number of halogens is 2. The second kappa shape index (κ2) is 5.35. The second-order valence-electron chi connectivity index (χ2n) is 3.81. The van der Waals surface area contributed by atoms with Gasteiger partial charge in [-0.1, -0.05) is 0 Å². The maximum atomic E-state index is 13.9. The van der Waals surface area contributed by atoms with Gasteiger partial charge in [-0.05, 0) is 35.8 Å². The summed E-state index contributed by atoms with van der Waals surface area (Å²) in [6.45, 7) is 3.80. The van der Waals surface area contributed by atoms with E-state index in [0.717, 1.165) is 0 Å². The van der Waals surface area contributed by atoms with Gasteiger partial charge >= 0.3 is 5.97 Å². The van der Waals surface area contributed by atoms with Gasteiger partial charge in [0.05, 0.1) is 28.5 Å². The topological polar surface area (TPSA) is 64.3 Å². The molecule has 0 fully saturated rings. The molecular weight excluding hydrogens is 291 g/mol. The van der Waals surface area contributed by atoms with Crippen LogP contribution in [-0.2, 0) is 4.74 Å². The molecule has 0 radical (unpaired) electrons. The minimum Gasteiger partial charge on any atom is -0.465 e. The fourth-order valence-corrected chi connectivity index (χ4v) is 1.90. The van der Waals surface area contributed by atoms with Gasteiger partial charge in [-0.15, -0.1) is 0 Å². The van der Waals surface area contributed by atoms with Crippen molar-refractivity contribution in [3.8, 4) is 0 Å². The van der Waals surface area contributed by atoms with Crippen molar-refractivity contribution in [2.45, 2.75) is 19.9 Å². The molecule has 1 aromatic carbocycles. The first-order chi connectivity index (χ1) is 7.88. The molecule has 0 atom stereocenters. The van der Waals surface area contributed by atoms with Crippen molar-refractivity contribution in [2.24, 2.45) is 0 Å². The van der Waals surface area contributed by atoms with Gasteiger partial charge in [0.1, 0.15) is 0 Å². The van der Waals surface area contributed by atoms with E-state index in [1.54, 1.807) is 0 Å². The third kappa shape index (κ3) is 2.88. The van der Waals surface area contributed by atoms with E-state index in [2.05, 4.69) is 26.0 Å². The monoisotopic (exact) mass is 304 g/mol. The first kappa shape index (κ1) is 13.8. The summed E-state index contributed by atoms with van der Waals surface area (Å²) in [5.74, 6) is -1.44. The summed E-state index contributed by atoms with van der Waals surface area (Å²) in [6.07, 6.45) is 0. The second-order valence-corrected chi connectivity index (χ2v) is 4.60. The molecule has 0 aliphatic rings. The Bertz CT molecular complexity index is 450. The maximum absolute atomic E-state index is 13.9. The van der Waals surface area contributed by atoms with E-state index in [1.807, 2.05) is 13.8 Å². The van der Waals surface area contributed by atoms with Crippen molar-refractivity contribution >= 4 is 33.3 Å². The molecule has 0 amide bonds. The predicted octanol–water partition coefficient (Wildman–Crippen LogP) is 2.78. The number of hydrogen-bond acceptors (Lipinski definition) is 4. The van der Waals surface area contributed by atoms with Crippen LogP contribution in [0.15, 0.2) is 10.5 Å². The van der Waals surface area contributed by atoms with E-state index in [1.165, 1.54) is 13.2 Å². The van der Waals surface area contributed by atoms with Crippen LogP contribution in [0.2, 0.25) is 0 Å². The number of rotatable bonds is 3. The molecule has 0 heterocycles. The van der Waals surface area contributed by atoms with Crippen LogP contribution in [0.25, 0.3) is 0 Å². The highest BCUT2D eigenvalue weighted by molar-refractivity contribution is 9.10. The lowest BCUT2D eigenvalue weighted by Crippen LogP contribution is -2.14. The molecule has 0 aromatic heterocycles. The number of methoxy groups -OCH3 is 1. The van der Waals surface area contributed by atoms with Crippen LogP contribution < -0.4 is 11.1 Å². The number of carbonyl (C=O) groups is 1. The zero-order chi connectivity index (χ0) is 13.2. The molecule has 94 valence electrons. The van der Waals surface area contributed by atoms with Crippen molar-refractivity contribution in [1.29, 1.82) is 0 Å². The Morgan fingerprint density at radius 1 is 1.59 bits per heavy atom. The maximum Gasteiger partial charge on any atom is 0.340 e. The van der Waals surface area contributed by atoms with Gasteiger partial charge in [0.25, 0.3) is 0 Å². The first-order valence-corrected chi connectivity index (χ1v) is 5.80. The fraction of sp³-hybridized carbons (Fsp3) is 0.364. The summed E-state index contributed by atoms with van der Waals surface area (Å²) in [4.78, 5) is 11.3. The standard InChI is InChI=1S/C11H14BrFN2O2/c1-5(2)15-10-7(14)4-6(11(16)17-3)9(13)8(10)12/h4-5,15H,14H2,1-3H3. The van der Waals surface area contributed by atoms with Gasteiger partial charge in [-0.2, -0.15) is 0 Å². The van der Waals surface area contributed by atoms with E-state index in [9.17, 15) is 9.18 Å². The minimum absolute atomic E-state index is 0.0944. The molecule has 1 rings (SSSR count). The Hall–Kier alpha value is -1.30. The van der Waals surface area contributed by atoms with Gasteiger partial charge in [-0.3, -0.25) is 0 Å². The molecule has 0 unspecified atom stereocenters. The van der Waals surface area contributed by atoms with Crippen LogP contribution in [0.3, 0.4) is 0 Å². The Morgan fingerprint density at radius 3 is 2.65 bits per heavy atom. The lowest BCUT2D eigenvalue weighted by atomic mass is 10.1. The number of benzene rings is 1. The van der Waals surface area contributed by atoms with E-state index >= 15 is 0 Å². The quantitative estimate of drug-likeness (QED) is 0.666. The molecule has 0 aliphatic carbocycles. The van der Waals surface area contributed by atoms with Gasteiger partial charge < -0.3 is 15.8 Å². The predicted molar refractivity (Wildman–Crippen MR) is 68.6 cm³/mol. The van der Waals surface area contributed by atoms with Crippen LogP contribution in [-0.4, -0.2) is 19.1 Å². The SMILES string of the molecule is COC(=O)c1cc(N)c(NC(C)C)c(Br)c1F. The molecule has 3 N–H and O–H groups in total. The zero-order valence-corrected chi connectivity index (χ0v) is 11.4. The summed E-state index contributed by atoms with van der Waals surface area (Å²) in [7, 11) is 1.19. The summed E-state index contributed by atoms with van der Waals surface area (Å²) in [5.41, 5.74) is 6.30. The van der Waals surface area contributed by atoms with Gasteiger partial charge in [0.2, 0.25) is 0 Å². The molecule has 4 nitrogen and oxygen atoms in total.